The zero-order valence-corrected chi connectivity index (χ0v) is 12.6. The summed E-state index contributed by atoms with van der Waals surface area (Å²) in [5.41, 5.74) is 1.84. The molecule has 0 saturated carbocycles. The van der Waals surface area contributed by atoms with Crippen molar-refractivity contribution in [2.75, 3.05) is 5.32 Å². The summed E-state index contributed by atoms with van der Waals surface area (Å²) >= 11 is 6.00. The van der Waals surface area contributed by atoms with Gasteiger partial charge in [0.2, 0.25) is 0 Å². The Kier molecular flexibility index (Phi) is 3.89. The van der Waals surface area contributed by atoms with Gasteiger partial charge in [-0.3, -0.25) is 4.79 Å². The molecular formula is C16H13ClN4O. The maximum Gasteiger partial charge on any atom is 0.276 e. The summed E-state index contributed by atoms with van der Waals surface area (Å²) < 4.78 is 1.67. The molecule has 0 atom stereocenters. The molecule has 0 radical (unpaired) electrons. The van der Waals surface area contributed by atoms with Gasteiger partial charge in [-0.15, -0.1) is 0 Å². The monoisotopic (exact) mass is 312 g/mol. The number of aromatic nitrogens is 3. The number of halogens is 1. The summed E-state index contributed by atoms with van der Waals surface area (Å²) in [6.45, 7) is 1.86. The summed E-state index contributed by atoms with van der Waals surface area (Å²) in [4.78, 5) is 16.3. The summed E-state index contributed by atoms with van der Waals surface area (Å²) in [5, 5.41) is 7.51. The number of carbonyl (C=O) groups excluding carboxylic acids is 1. The molecule has 3 rings (SSSR count). The number of rotatable bonds is 3. The van der Waals surface area contributed by atoms with Crippen LogP contribution in [0, 0.1) is 6.92 Å². The van der Waals surface area contributed by atoms with Gasteiger partial charge in [-0.25, -0.2) is 9.67 Å². The lowest BCUT2D eigenvalue weighted by molar-refractivity contribution is 0.102. The SMILES string of the molecule is Cc1cc(NC(=O)c2ncccc2Cl)n(-c2ccccc2)n1. The van der Waals surface area contributed by atoms with Crippen molar-refractivity contribution in [2.45, 2.75) is 6.92 Å². The summed E-state index contributed by atoms with van der Waals surface area (Å²) in [6.07, 6.45) is 1.53. The third-order valence-corrected chi connectivity index (χ3v) is 3.35. The van der Waals surface area contributed by atoms with Gasteiger partial charge in [0.05, 0.1) is 16.4 Å². The highest BCUT2D eigenvalue weighted by Gasteiger charge is 2.15. The number of amides is 1. The van der Waals surface area contributed by atoms with Gasteiger partial charge in [0.1, 0.15) is 11.5 Å². The molecule has 0 fully saturated rings. The van der Waals surface area contributed by atoms with Crippen LogP contribution in [-0.2, 0) is 0 Å². The Hall–Kier alpha value is -2.66. The fourth-order valence-electron chi connectivity index (χ4n) is 2.08. The number of nitrogens with one attached hydrogen (secondary N) is 1. The van der Waals surface area contributed by atoms with Crippen molar-refractivity contribution in [1.82, 2.24) is 14.8 Å². The van der Waals surface area contributed by atoms with Crippen molar-refractivity contribution >= 4 is 23.3 Å². The van der Waals surface area contributed by atoms with Crippen molar-refractivity contribution < 1.29 is 4.79 Å². The largest absolute Gasteiger partial charge is 0.305 e. The fraction of sp³-hybridized carbons (Fsp3) is 0.0625. The van der Waals surface area contributed by atoms with E-state index in [1.54, 1.807) is 22.9 Å². The van der Waals surface area contributed by atoms with Crippen LogP contribution in [0.1, 0.15) is 16.2 Å². The number of pyridine rings is 1. The molecule has 0 aliphatic heterocycles. The standard InChI is InChI=1S/C16H13ClN4O/c1-11-10-14(21(20-11)12-6-3-2-4-7-12)19-16(22)15-13(17)8-5-9-18-15/h2-10H,1H3,(H,19,22). The Labute approximate surface area is 132 Å². The molecule has 0 aliphatic rings. The van der Waals surface area contributed by atoms with Gasteiger partial charge in [-0.1, -0.05) is 29.8 Å². The maximum atomic E-state index is 12.3. The van der Waals surface area contributed by atoms with Crippen LogP contribution in [0.3, 0.4) is 0 Å². The molecule has 2 heterocycles. The molecule has 1 N–H and O–H groups in total. The quantitative estimate of drug-likeness (QED) is 0.805. The summed E-state index contributed by atoms with van der Waals surface area (Å²) in [6, 6.07) is 14.7. The van der Waals surface area contributed by atoms with Crippen LogP contribution in [-0.4, -0.2) is 20.7 Å². The Bertz CT molecular complexity index is 814. The predicted octanol–water partition coefficient (Wildman–Crippen LogP) is 3.48. The lowest BCUT2D eigenvalue weighted by Crippen LogP contribution is -2.16. The van der Waals surface area contributed by atoms with E-state index in [0.29, 0.717) is 10.8 Å². The number of carbonyl (C=O) groups is 1. The maximum absolute atomic E-state index is 12.3. The molecule has 5 nitrogen and oxygen atoms in total. The summed E-state index contributed by atoms with van der Waals surface area (Å²) in [5.74, 6) is 0.193. The smallest absolute Gasteiger partial charge is 0.276 e. The number of nitrogens with zero attached hydrogens (tertiary/aromatic N) is 3. The second-order valence-electron chi connectivity index (χ2n) is 4.71. The molecule has 0 aliphatic carbocycles. The summed E-state index contributed by atoms with van der Waals surface area (Å²) in [7, 11) is 0. The number of anilines is 1. The normalized spacial score (nSPS) is 10.5. The van der Waals surface area contributed by atoms with Crippen molar-refractivity contribution in [3.05, 3.63) is 71.1 Å². The van der Waals surface area contributed by atoms with Crippen LogP contribution >= 0.6 is 11.6 Å². The van der Waals surface area contributed by atoms with Crippen LogP contribution in [0.15, 0.2) is 54.7 Å². The first kappa shape index (κ1) is 14.3. The second-order valence-corrected chi connectivity index (χ2v) is 5.11. The van der Waals surface area contributed by atoms with E-state index in [0.717, 1.165) is 11.4 Å². The lowest BCUT2D eigenvalue weighted by atomic mass is 10.3. The third kappa shape index (κ3) is 2.84. The average molecular weight is 313 g/mol. The Morgan fingerprint density at radius 2 is 1.95 bits per heavy atom. The van der Waals surface area contributed by atoms with Crippen molar-refractivity contribution in [2.24, 2.45) is 0 Å². The first-order valence-electron chi connectivity index (χ1n) is 6.69. The first-order chi connectivity index (χ1) is 10.6. The topological polar surface area (TPSA) is 59.8 Å². The highest BCUT2D eigenvalue weighted by molar-refractivity contribution is 6.34. The van der Waals surface area contributed by atoms with Crippen molar-refractivity contribution in [1.29, 1.82) is 0 Å². The molecule has 110 valence electrons. The van der Waals surface area contributed by atoms with Gasteiger partial charge in [-0.05, 0) is 31.2 Å². The Balaban J connectivity index is 1.94. The van der Waals surface area contributed by atoms with E-state index < -0.39 is 0 Å². The van der Waals surface area contributed by atoms with Crippen LogP contribution in [0.25, 0.3) is 5.69 Å². The molecule has 1 amide bonds. The van der Waals surface area contributed by atoms with Crippen molar-refractivity contribution in [3.8, 4) is 5.69 Å². The van der Waals surface area contributed by atoms with Crippen LogP contribution in [0.2, 0.25) is 5.02 Å². The molecule has 22 heavy (non-hydrogen) atoms. The highest BCUT2D eigenvalue weighted by Crippen LogP contribution is 2.19. The molecule has 0 bridgehead atoms. The fourth-order valence-corrected chi connectivity index (χ4v) is 2.29. The van der Waals surface area contributed by atoms with Gasteiger partial charge in [-0.2, -0.15) is 5.10 Å². The van der Waals surface area contributed by atoms with E-state index in [9.17, 15) is 4.79 Å². The number of benzene rings is 1. The van der Waals surface area contributed by atoms with E-state index in [-0.39, 0.29) is 11.6 Å². The molecule has 6 heteroatoms. The van der Waals surface area contributed by atoms with E-state index in [1.165, 1.54) is 6.20 Å². The van der Waals surface area contributed by atoms with Gasteiger partial charge in [0, 0.05) is 12.3 Å². The van der Waals surface area contributed by atoms with E-state index in [2.05, 4.69) is 15.4 Å². The van der Waals surface area contributed by atoms with Gasteiger partial charge in [0.25, 0.3) is 5.91 Å². The van der Waals surface area contributed by atoms with Crippen LogP contribution in [0.5, 0.6) is 0 Å². The van der Waals surface area contributed by atoms with Gasteiger partial charge in [0.15, 0.2) is 0 Å². The molecule has 0 saturated heterocycles. The second kappa shape index (κ2) is 5.99. The molecule has 0 spiro atoms. The number of hydrogen-bond donors (Lipinski definition) is 1. The molecule has 0 unspecified atom stereocenters. The first-order valence-corrected chi connectivity index (χ1v) is 7.07. The molecule has 1 aromatic carbocycles. The molecule has 2 aromatic heterocycles. The lowest BCUT2D eigenvalue weighted by Gasteiger charge is -2.09. The van der Waals surface area contributed by atoms with Crippen LogP contribution < -0.4 is 5.32 Å². The van der Waals surface area contributed by atoms with Crippen LogP contribution in [0.4, 0.5) is 5.82 Å². The molecule has 3 aromatic rings. The minimum atomic E-state index is -0.373. The highest BCUT2D eigenvalue weighted by atomic mass is 35.5. The van der Waals surface area contributed by atoms with E-state index >= 15 is 0 Å². The number of aryl methyl sites for hydroxylation is 1. The van der Waals surface area contributed by atoms with E-state index in [4.69, 9.17) is 11.6 Å². The third-order valence-electron chi connectivity index (χ3n) is 3.05. The minimum absolute atomic E-state index is 0.183. The van der Waals surface area contributed by atoms with Gasteiger partial charge < -0.3 is 5.32 Å². The number of para-hydroxylation sites is 1. The zero-order chi connectivity index (χ0) is 15.5. The average Bonchev–Trinajstić information content (AvgIpc) is 2.89. The van der Waals surface area contributed by atoms with Gasteiger partial charge >= 0.3 is 0 Å². The Morgan fingerprint density at radius 1 is 1.18 bits per heavy atom. The minimum Gasteiger partial charge on any atom is -0.305 e. The Morgan fingerprint density at radius 3 is 2.68 bits per heavy atom. The van der Waals surface area contributed by atoms with E-state index in [1.807, 2.05) is 37.3 Å². The zero-order valence-electron chi connectivity index (χ0n) is 11.8. The number of hydrogen-bond acceptors (Lipinski definition) is 3. The van der Waals surface area contributed by atoms with Crippen molar-refractivity contribution in [3.63, 3.8) is 0 Å². The predicted molar refractivity (Wildman–Crippen MR) is 85.5 cm³/mol. The molecular weight excluding hydrogens is 300 g/mol.